The van der Waals surface area contributed by atoms with Gasteiger partial charge in [-0.3, -0.25) is 0 Å². The van der Waals surface area contributed by atoms with Crippen molar-refractivity contribution >= 4 is 58.0 Å². The summed E-state index contributed by atoms with van der Waals surface area (Å²) in [5.74, 6) is 0. The fourth-order valence-corrected chi connectivity index (χ4v) is 0.209. The van der Waals surface area contributed by atoms with Gasteiger partial charge in [0.2, 0.25) is 0 Å². The Morgan fingerprint density at radius 1 is 1.23 bits per heavy atom. The lowest BCUT2D eigenvalue weighted by Crippen LogP contribution is -1.96. The van der Waals surface area contributed by atoms with Crippen LogP contribution in [0.3, 0.4) is 0 Å². The van der Waals surface area contributed by atoms with E-state index in [2.05, 4.69) is 0 Å². The number of aliphatic hydroxyl groups excluding tert-OH is 1. The Bertz CT molecular complexity index is 58.2. The van der Waals surface area contributed by atoms with E-state index in [1.807, 2.05) is 6.92 Å². The fourth-order valence-electron chi connectivity index (χ4n) is 0.209. The normalized spacial score (nSPS) is 8.31. The van der Waals surface area contributed by atoms with E-state index in [9.17, 15) is 0 Å². The molecule has 0 saturated carbocycles. The second-order valence-electron chi connectivity index (χ2n) is 1.27. The first kappa shape index (κ1) is 19.9. The average molecular weight is 294 g/mol. The van der Waals surface area contributed by atoms with Crippen LogP contribution >= 0.6 is 58.0 Å². The maximum absolute atomic E-state index is 8.07. The van der Waals surface area contributed by atoms with Crippen LogP contribution in [0.15, 0.2) is 0 Å². The third kappa shape index (κ3) is 90.5. The highest BCUT2D eigenvalue weighted by Gasteiger charge is 1.78. The van der Waals surface area contributed by atoms with E-state index in [-0.39, 0.29) is 11.9 Å². The largest absolute Gasteiger partial charge is 0.394 e. The Labute approximate surface area is 104 Å². The summed E-state index contributed by atoms with van der Waals surface area (Å²) in [5, 5.41) is 8.27. The van der Waals surface area contributed by atoms with Crippen molar-refractivity contribution in [3.05, 3.63) is 0 Å². The molecule has 0 aromatic carbocycles. The SMILES string of the molecule is CCOCCO.ClC(Cl)Cl.ClCCl. The monoisotopic (exact) mass is 292 g/mol. The van der Waals surface area contributed by atoms with Gasteiger partial charge >= 0.3 is 0 Å². The first-order valence-electron chi connectivity index (χ1n) is 3.29. The first-order chi connectivity index (χ1) is 6.06. The molecule has 0 aliphatic heterocycles. The molecule has 1 N–H and O–H groups in total. The minimum absolute atomic E-state index is 0.133. The van der Waals surface area contributed by atoms with Crippen molar-refractivity contribution in [3.63, 3.8) is 0 Å². The number of hydrogen-bond acceptors (Lipinski definition) is 2. The maximum atomic E-state index is 8.07. The van der Waals surface area contributed by atoms with Crippen LogP contribution < -0.4 is 0 Å². The van der Waals surface area contributed by atoms with Crippen molar-refractivity contribution in [2.45, 2.75) is 11.2 Å². The molecule has 0 aromatic heterocycles. The molecule has 0 rings (SSSR count). The van der Waals surface area contributed by atoms with Gasteiger partial charge in [0.15, 0.2) is 4.30 Å². The van der Waals surface area contributed by atoms with Gasteiger partial charge < -0.3 is 9.84 Å². The smallest absolute Gasteiger partial charge is 0.180 e. The van der Waals surface area contributed by atoms with Gasteiger partial charge in [-0.05, 0) is 6.92 Å². The Morgan fingerprint density at radius 3 is 1.62 bits per heavy atom. The van der Waals surface area contributed by atoms with Crippen LogP contribution in [0.2, 0.25) is 0 Å². The van der Waals surface area contributed by atoms with Crippen LogP contribution in [0, 0.1) is 0 Å². The Balaban J connectivity index is -0.000000125. The summed E-state index contributed by atoms with van der Waals surface area (Å²) in [6.45, 7) is 3.20. The van der Waals surface area contributed by atoms with Gasteiger partial charge in [-0.15, -0.1) is 23.2 Å². The molecule has 0 fully saturated rings. The minimum atomic E-state index is -0.750. The van der Waals surface area contributed by atoms with Gasteiger partial charge in [-0.2, -0.15) is 0 Å². The summed E-state index contributed by atoms with van der Waals surface area (Å²) in [5.41, 5.74) is 0. The summed E-state index contributed by atoms with van der Waals surface area (Å²) < 4.78 is 3.98. The van der Waals surface area contributed by atoms with E-state index >= 15 is 0 Å². The molecule has 0 bridgehead atoms. The lowest BCUT2D eigenvalue weighted by atomic mass is 10.8. The fraction of sp³-hybridized carbons (Fsp3) is 1.00. The summed E-state index contributed by atoms with van der Waals surface area (Å²) in [6, 6.07) is 0. The molecule has 84 valence electrons. The second-order valence-corrected chi connectivity index (χ2v) is 4.06. The predicted octanol–water partition coefficient (Wildman–Crippen LogP) is 3.42. The van der Waals surface area contributed by atoms with Crippen molar-refractivity contribution in [1.29, 1.82) is 0 Å². The number of rotatable bonds is 3. The van der Waals surface area contributed by atoms with Gasteiger partial charge in [0.25, 0.3) is 0 Å². The number of halogens is 5. The number of ether oxygens (including phenoxy) is 1. The van der Waals surface area contributed by atoms with E-state index in [1.165, 1.54) is 0 Å². The van der Waals surface area contributed by atoms with Gasteiger partial charge in [0.1, 0.15) is 0 Å². The molecule has 0 atom stereocenters. The van der Waals surface area contributed by atoms with Gasteiger partial charge in [-0.1, -0.05) is 34.8 Å². The number of alkyl halides is 5. The molecule has 0 aromatic rings. The third-order valence-corrected chi connectivity index (χ3v) is 0.440. The summed E-state index contributed by atoms with van der Waals surface area (Å²) in [4.78, 5) is 0. The molecule has 0 spiro atoms. The predicted molar refractivity (Wildman–Crippen MR) is 61.5 cm³/mol. The molecule has 0 radical (unpaired) electrons. The molecule has 0 amide bonds. The quantitative estimate of drug-likeness (QED) is 0.638. The molecule has 0 unspecified atom stereocenters. The van der Waals surface area contributed by atoms with E-state index in [0.29, 0.717) is 13.2 Å². The van der Waals surface area contributed by atoms with E-state index in [4.69, 9.17) is 67.8 Å². The zero-order chi connectivity index (χ0) is 11.1. The van der Waals surface area contributed by atoms with Crippen molar-refractivity contribution in [2.24, 2.45) is 0 Å². The molecular formula is C6H13Cl5O2. The Kier molecular flexibility index (Phi) is 35.6. The van der Waals surface area contributed by atoms with Crippen molar-refractivity contribution in [3.8, 4) is 0 Å². The van der Waals surface area contributed by atoms with E-state index in [0.717, 1.165) is 0 Å². The van der Waals surface area contributed by atoms with Crippen molar-refractivity contribution < 1.29 is 9.84 Å². The van der Waals surface area contributed by atoms with Crippen LogP contribution in [0.25, 0.3) is 0 Å². The first-order valence-corrected chi connectivity index (χ1v) is 5.67. The molecule has 13 heavy (non-hydrogen) atoms. The summed E-state index contributed by atoms with van der Waals surface area (Å²) >= 11 is 23.9. The van der Waals surface area contributed by atoms with Gasteiger partial charge in [0.05, 0.1) is 18.6 Å². The van der Waals surface area contributed by atoms with Crippen LogP contribution in [-0.4, -0.2) is 34.6 Å². The average Bonchev–Trinajstić information content (AvgIpc) is 2.01. The third-order valence-electron chi connectivity index (χ3n) is 0.440. The Hall–Kier alpha value is 1.37. The minimum Gasteiger partial charge on any atom is -0.394 e. The van der Waals surface area contributed by atoms with Crippen molar-refractivity contribution in [1.82, 2.24) is 0 Å². The molecule has 0 heterocycles. The second kappa shape index (κ2) is 23.3. The highest BCUT2D eigenvalue weighted by Crippen LogP contribution is 2.03. The van der Waals surface area contributed by atoms with Gasteiger partial charge in [-0.25, -0.2) is 0 Å². The topological polar surface area (TPSA) is 29.5 Å². The van der Waals surface area contributed by atoms with Crippen LogP contribution in [0.1, 0.15) is 6.92 Å². The van der Waals surface area contributed by atoms with Crippen molar-refractivity contribution in [2.75, 3.05) is 25.2 Å². The highest BCUT2D eigenvalue weighted by molar-refractivity contribution is 6.63. The number of hydrogen-bond donors (Lipinski definition) is 1. The van der Waals surface area contributed by atoms with E-state index in [1.54, 1.807) is 0 Å². The zero-order valence-electron chi connectivity index (χ0n) is 7.15. The molecule has 0 saturated heterocycles. The van der Waals surface area contributed by atoms with E-state index < -0.39 is 4.30 Å². The standard InChI is InChI=1S/C4H10O2.CHCl3.CH2Cl2/c1-2-6-4-3-5;2-1(3)4;2-1-3/h5H,2-4H2,1H3;1H;1H2. The maximum Gasteiger partial charge on any atom is 0.180 e. The van der Waals surface area contributed by atoms with Crippen LogP contribution in [0.4, 0.5) is 0 Å². The lowest BCUT2D eigenvalue weighted by molar-refractivity contribution is 0.102. The summed E-state index contributed by atoms with van der Waals surface area (Å²) in [7, 11) is 0. The molecule has 0 aliphatic carbocycles. The number of aliphatic hydroxyl groups is 1. The lowest BCUT2D eigenvalue weighted by Gasteiger charge is -1.91. The van der Waals surface area contributed by atoms with Crippen LogP contribution in [0.5, 0.6) is 0 Å². The Morgan fingerprint density at radius 2 is 1.54 bits per heavy atom. The molecule has 0 aliphatic rings. The van der Waals surface area contributed by atoms with Crippen LogP contribution in [-0.2, 0) is 4.74 Å². The van der Waals surface area contributed by atoms with Gasteiger partial charge in [0, 0.05) is 6.61 Å². The zero-order valence-corrected chi connectivity index (χ0v) is 10.9. The summed E-state index contributed by atoms with van der Waals surface area (Å²) in [6.07, 6.45) is 0. The molecule has 2 nitrogen and oxygen atoms in total. The highest BCUT2D eigenvalue weighted by atomic mass is 35.6. The molecule has 7 heteroatoms. The molecular weight excluding hydrogens is 281 g/mol.